The number of aromatic nitrogens is 2. The number of aromatic amines is 1. The molecule has 0 bridgehead atoms. The highest BCUT2D eigenvalue weighted by Gasteiger charge is 2.37. The number of ether oxygens (including phenoxy) is 1. The van der Waals surface area contributed by atoms with E-state index in [2.05, 4.69) is 15.3 Å². The molecular formula is C19H22F2N4O3. The number of methoxy groups -OCH3 is 1. The van der Waals surface area contributed by atoms with E-state index in [1.165, 1.54) is 24.4 Å². The van der Waals surface area contributed by atoms with Crippen LogP contribution in [0.4, 0.5) is 13.6 Å². The maximum atomic E-state index is 14.5. The number of fused-ring (bicyclic) bond motifs is 1. The molecule has 0 radical (unpaired) electrons. The number of imidazole rings is 1. The van der Waals surface area contributed by atoms with Gasteiger partial charge >= 0.3 is 12.0 Å². The van der Waals surface area contributed by atoms with Crippen molar-refractivity contribution < 1.29 is 23.1 Å². The summed E-state index contributed by atoms with van der Waals surface area (Å²) in [6.45, 7) is 3.83. The van der Waals surface area contributed by atoms with Crippen molar-refractivity contribution in [2.75, 3.05) is 13.7 Å². The van der Waals surface area contributed by atoms with Crippen LogP contribution >= 0.6 is 0 Å². The van der Waals surface area contributed by atoms with Gasteiger partial charge in [0.25, 0.3) is 0 Å². The smallest absolute Gasteiger partial charge is 0.328 e. The molecule has 0 aliphatic carbocycles. The Morgan fingerprint density at radius 1 is 1.36 bits per heavy atom. The van der Waals surface area contributed by atoms with Gasteiger partial charge in [-0.05, 0) is 12.0 Å². The fourth-order valence-electron chi connectivity index (χ4n) is 3.37. The van der Waals surface area contributed by atoms with Gasteiger partial charge in [-0.1, -0.05) is 19.9 Å². The number of carbonyl (C=O) groups is 2. The summed E-state index contributed by atoms with van der Waals surface area (Å²) >= 11 is 0. The lowest BCUT2D eigenvalue weighted by molar-refractivity contribution is -0.144. The maximum Gasteiger partial charge on any atom is 0.328 e. The van der Waals surface area contributed by atoms with Gasteiger partial charge in [0.05, 0.1) is 19.1 Å². The number of benzene rings is 1. The van der Waals surface area contributed by atoms with Crippen molar-refractivity contribution in [2.45, 2.75) is 32.4 Å². The van der Waals surface area contributed by atoms with Crippen molar-refractivity contribution in [1.82, 2.24) is 20.2 Å². The fraction of sp³-hybridized carbons (Fsp3) is 0.421. The minimum absolute atomic E-state index is 0.128. The molecule has 0 fully saturated rings. The number of hydrogen-bond donors (Lipinski definition) is 2. The topological polar surface area (TPSA) is 87.3 Å². The summed E-state index contributed by atoms with van der Waals surface area (Å²) < 4.78 is 32.7. The fourth-order valence-corrected chi connectivity index (χ4v) is 3.37. The van der Waals surface area contributed by atoms with Gasteiger partial charge in [-0.2, -0.15) is 0 Å². The van der Waals surface area contributed by atoms with Crippen LogP contribution in [0.25, 0.3) is 0 Å². The zero-order valence-electron chi connectivity index (χ0n) is 15.8. The van der Waals surface area contributed by atoms with E-state index in [1.807, 2.05) is 0 Å². The summed E-state index contributed by atoms with van der Waals surface area (Å²) in [7, 11) is 1.25. The van der Waals surface area contributed by atoms with Crippen LogP contribution in [-0.4, -0.2) is 46.6 Å². The van der Waals surface area contributed by atoms with Gasteiger partial charge in [0, 0.05) is 30.3 Å². The molecule has 2 amide bonds. The molecule has 0 unspecified atom stereocenters. The van der Waals surface area contributed by atoms with E-state index in [9.17, 15) is 18.4 Å². The average Bonchev–Trinajstić information content (AvgIpc) is 3.13. The SMILES string of the molecule is COC(=O)[C@@H](NC(=O)N1CCc2[nH]cnc2[C@H]1c1ccc(F)cc1F)C(C)C. The van der Waals surface area contributed by atoms with Crippen LogP contribution in [0.5, 0.6) is 0 Å². The predicted octanol–water partition coefficient (Wildman–Crippen LogP) is 2.54. The molecule has 1 aromatic carbocycles. The van der Waals surface area contributed by atoms with Crippen molar-refractivity contribution in [3.05, 3.63) is 53.1 Å². The van der Waals surface area contributed by atoms with Crippen LogP contribution in [-0.2, 0) is 16.0 Å². The third-order valence-electron chi connectivity index (χ3n) is 4.84. The molecule has 7 nitrogen and oxygen atoms in total. The highest BCUT2D eigenvalue weighted by Crippen LogP contribution is 2.35. The maximum absolute atomic E-state index is 14.5. The first-order valence-corrected chi connectivity index (χ1v) is 8.95. The van der Waals surface area contributed by atoms with E-state index < -0.39 is 35.7 Å². The van der Waals surface area contributed by atoms with Gasteiger partial charge in [-0.3, -0.25) is 0 Å². The summed E-state index contributed by atoms with van der Waals surface area (Å²) in [5.41, 5.74) is 1.40. The third kappa shape index (κ3) is 3.69. The zero-order chi connectivity index (χ0) is 20.4. The molecule has 0 saturated heterocycles. The van der Waals surface area contributed by atoms with Gasteiger partial charge in [0.15, 0.2) is 0 Å². The molecule has 1 aliphatic heterocycles. The van der Waals surface area contributed by atoms with Crippen LogP contribution in [0, 0.1) is 17.6 Å². The van der Waals surface area contributed by atoms with Gasteiger partial charge in [-0.25, -0.2) is 23.4 Å². The Balaban J connectivity index is 1.96. The van der Waals surface area contributed by atoms with Crippen molar-refractivity contribution in [1.29, 1.82) is 0 Å². The monoisotopic (exact) mass is 392 g/mol. The molecule has 2 heterocycles. The summed E-state index contributed by atoms with van der Waals surface area (Å²) in [6, 6.07) is 0.974. The van der Waals surface area contributed by atoms with Gasteiger partial charge in [-0.15, -0.1) is 0 Å². The van der Waals surface area contributed by atoms with E-state index in [-0.39, 0.29) is 18.0 Å². The predicted molar refractivity (Wildman–Crippen MR) is 96.4 cm³/mol. The molecule has 150 valence electrons. The highest BCUT2D eigenvalue weighted by molar-refractivity contribution is 5.84. The standard InChI is InChI=1S/C19H22F2N4O3/c1-10(2)15(18(26)28-3)24-19(27)25-7-6-14-16(23-9-22-14)17(25)12-5-4-11(20)8-13(12)21/h4-5,8-10,15,17H,6-7H2,1-3H3,(H,22,23)(H,24,27)/t15-,17+/m0/s1. The average molecular weight is 392 g/mol. The number of hydrogen-bond acceptors (Lipinski definition) is 4. The first-order chi connectivity index (χ1) is 13.3. The van der Waals surface area contributed by atoms with Crippen LogP contribution < -0.4 is 5.32 Å². The Bertz CT molecular complexity index is 884. The zero-order valence-corrected chi connectivity index (χ0v) is 15.8. The minimum Gasteiger partial charge on any atom is -0.467 e. The number of carbonyl (C=O) groups excluding carboxylic acids is 2. The van der Waals surface area contributed by atoms with Crippen molar-refractivity contribution in [3.8, 4) is 0 Å². The quantitative estimate of drug-likeness (QED) is 0.783. The molecule has 9 heteroatoms. The third-order valence-corrected chi connectivity index (χ3v) is 4.84. The second kappa shape index (κ2) is 7.95. The van der Waals surface area contributed by atoms with E-state index in [0.29, 0.717) is 12.1 Å². The lowest BCUT2D eigenvalue weighted by Gasteiger charge is -2.36. The number of halogens is 2. The lowest BCUT2D eigenvalue weighted by Crippen LogP contribution is -2.53. The van der Waals surface area contributed by atoms with Gasteiger partial charge in [0.1, 0.15) is 23.7 Å². The molecule has 1 aromatic heterocycles. The van der Waals surface area contributed by atoms with Crippen molar-refractivity contribution in [3.63, 3.8) is 0 Å². The number of urea groups is 1. The lowest BCUT2D eigenvalue weighted by atomic mass is 9.95. The molecule has 2 aromatic rings. The van der Waals surface area contributed by atoms with Gasteiger partial charge in [0.2, 0.25) is 0 Å². The summed E-state index contributed by atoms with van der Waals surface area (Å²) in [5.74, 6) is -2.25. The second-order valence-electron chi connectivity index (χ2n) is 6.97. The Morgan fingerprint density at radius 3 is 2.75 bits per heavy atom. The first-order valence-electron chi connectivity index (χ1n) is 8.95. The molecule has 0 spiro atoms. The van der Waals surface area contributed by atoms with Crippen molar-refractivity contribution >= 4 is 12.0 Å². The van der Waals surface area contributed by atoms with E-state index in [0.717, 1.165) is 17.8 Å². The Hall–Kier alpha value is -2.97. The van der Waals surface area contributed by atoms with Crippen LogP contribution in [0.2, 0.25) is 0 Å². The van der Waals surface area contributed by atoms with E-state index in [1.54, 1.807) is 13.8 Å². The number of esters is 1. The molecule has 3 rings (SSSR count). The molecular weight excluding hydrogens is 370 g/mol. The van der Waals surface area contributed by atoms with Gasteiger partial charge < -0.3 is 19.9 Å². The van der Waals surface area contributed by atoms with Crippen LogP contribution in [0.15, 0.2) is 24.5 Å². The van der Waals surface area contributed by atoms with E-state index in [4.69, 9.17) is 4.74 Å². The minimum atomic E-state index is -0.850. The highest BCUT2D eigenvalue weighted by atomic mass is 19.1. The number of nitrogens with one attached hydrogen (secondary N) is 2. The molecule has 28 heavy (non-hydrogen) atoms. The molecule has 0 saturated carbocycles. The van der Waals surface area contributed by atoms with Crippen molar-refractivity contribution in [2.24, 2.45) is 5.92 Å². The largest absolute Gasteiger partial charge is 0.467 e. The Kier molecular flexibility index (Phi) is 5.62. The van der Waals surface area contributed by atoms with Crippen LogP contribution in [0.3, 0.4) is 0 Å². The number of amides is 2. The number of H-pyrrole nitrogens is 1. The molecule has 1 aliphatic rings. The summed E-state index contributed by atoms with van der Waals surface area (Å²) in [6.07, 6.45) is 1.97. The Morgan fingerprint density at radius 2 is 2.11 bits per heavy atom. The summed E-state index contributed by atoms with van der Waals surface area (Å²) in [4.78, 5) is 33.6. The van der Waals surface area contributed by atoms with E-state index >= 15 is 0 Å². The molecule has 2 atom stereocenters. The first kappa shape index (κ1) is 19.8. The normalized spacial score (nSPS) is 17.2. The summed E-state index contributed by atoms with van der Waals surface area (Å²) in [5, 5.41) is 2.67. The number of rotatable bonds is 4. The second-order valence-corrected chi connectivity index (χ2v) is 6.97. The van der Waals surface area contributed by atoms with Crippen LogP contribution in [0.1, 0.15) is 36.8 Å². The number of nitrogens with zero attached hydrogens (tertiary/aromatic N) is 2. The Labute approximate surface area is 161 Å². The molecule has 2 N–H and O–H groups in total.